The van der Waals surface area contributed by atoms with Crippen LogP contribution in [0.25, 0.3) is 0 Å². The molecule has 0 aromatic rings. The summed E-state index contributed by atoms with van der Waals surface area (Å²) in [5, 5.41) is 8.65. The topological polar surface area (TPSA) is 63.6 Å². The molecule has 0 aromatic heterocycles. The molecule has 0 rings (SSSR count). The molecule has 0 atom stereocenters. The van der Waals surface area contributed by atoms with Gasteiger partial charge in [-0.2, -0.15) is 0 Å². The van der Waals surface area contributed by atoms with Gasteiger partial charge in [-0.1, -0.05) is 212 Å². The number of esters is 1. The fourth-order valence-corrected chi connectivity index (χ4v) is 6.87. The smallest absolute Gasteiger partial charge is 0.305 e. The molecule has 49 heavy (non-hydrogen) atoms. The van der Waals surface area contributed by atoms with Crippen LogP contribution in [-0.4, -0.2) is 23.7 Å². The molecule has 1 N–H and O–H groups in total. The van der Waals surface area contributed by atoms with Crippen molar-refractivity contribution >= 4 is 11.9 Å². The van der Waals surface area contributed by atoms with Crippen LogP contribution in [0, 0.1) is 0 Å². The van der Waals surface area contributed by atoms with Gasteiger partial charge in [-0.15, -0.1) is 0 Å². The molecule has 0 unspecified atom stereocenters. The van der Waals surface area contributed by atoms with Crippen LogP contribution in [0.2, 0.25) is 0 Å². The number of ether oxygens (including phenoxy) is 1. The van der Waals surface area contributed by atoms with E-state index >= 15 is 0 Å². The second-order valence-corrected chi connectivity index (χ2v) is 15.2. The van der Waals surface area contributed by atoms with Gasteiger partial charge in [-0.25, -0.2) is 0 Å². The van der Waals surface area contributed by atoms with Gasteiger partial charge < -0.3 is 9.84 Å². The van der Waals surface area contributed by atoms with Gasteiger partial charge in [-0.3, -0.25) is 9.59 Å². The maximum absolute atomic E-state index is 12.0. The summed E-state index contributed by atoms with van der Waals surface area (Å²) < 4.78 is 5.46. The number of rotatable bonds is 42. The Morgan fingerprint density at radius 1 is 0.388 bits per heavy atom. The lowest BCUT2D eigenvalue weighted by molar-refractivity contribution is -0.144. The van der Waals surface area contributed by atoms with Crippen molar-refractivity contribution < 1.29 is 19.4 Å². The molecule has 0 aliphatic carbocycles. The summed E-state index contributed by atoms with van der Waals surface area (Å²) in [7, 11) is 0. The largest absolute Gasteiger partial charge is 0.481 e. The van der Waals surface area contributed by atoms with E-state index < -0.39 is 5.97 Å². The fourth-order valence-electron chi connectivity index (χ4n) is 6.87. The molecular formula is C45H86O4. The number of carboxylic acids is 1. The molecular weight excluding hydrogens is 604 g/mol. The van der Waals surface area contributed by atoms with Crippen LogP contribution in [0.1, 0.15) is 257 Å². The molecule has 0 aromatic carbocycles. The molecule has 0 fully saturated rings. The molecule has 0 aliphatic heterocycles. The highest BCUT2D eigenvalue weighted by molar-refractivity contribution is 5.69. The van der Waals surface area contributed by atoms with E-state index in [1.165, 1.54) is 205 Å². The SMILES string of the molecule is CCCCCCCC/C=C\CCCCCCCC(=O)OCCCCCCCCCCCCCCCCCCCCCCCCCCC(=O)O. The molecule has 0 amide bonds. The number of hydrogen-bond acceptors (Lipinski definition) is 3. The predicted octanol–water partition coefficient (Wildman–Crippen LogP) is 15.4. The molecule has 0 spiro atoms. The van der Waals surface area contributed by atoms with Gasteiger partial charge in [0.1, 0.15) is 0 Å². The maximum atomic E-state index is 12.0. The van der Waals surface area contributed by atoms with E-state index in [-0.39, 0.29) is 5.97 Å². The first kappa shape index (κ1) is 47.7. The van der Waals surface area contributed by atoms with Gasteiger partial charge in [0.05, 0.1) is 6.61 Å². The van der Waals surface area contributed by atoms with Crippen molar-refractivity contribution in [2.45, 2.75) is 257 Å². The molecule has 0 saturated heterocycles. The number of carbonyl (C=O) groups is 2. The number of allylic oxidation sites excluding steroid dienone is 2. The van der Waals surface area contributed by atoms with Crippen molar-refractivity contribution in [2.75, 3.05) is 6.61 Å². The lowest BCUT2D eigenvalue weighted by Gasteiger charge is -2.06. The Balaban J connectivity index is 3.16. The quantitative estimate of drug-likeness (QED) is 0.0393. The summed E-state index contributed by atoms with van der Waals surface area (Å²) in [5.74, 6) is -0.646. The number of aliphatic carboxylic acids is 1. The average Bonchev–Trinajstić information content (AvgIpc) is 3.09. The van der Waals surface area contributed by atoms with E-state index in [0.29, 0.717) is 19.4 Å². The van der Waals surface area contributed by atoms with E-state index in [1.807, 2.05) is 0 Å². The van der Waals surface area contributed by atoms with Gasteiger partial charge in [0.2, 0.25) is 0 Å². The van der Waals surface area contributed by atoms with Crippen LogP contribution in [-0.2, 0) is 14.3 Å². The summed E-state index contributed by atoms with van der Waals surface area (Å²) in [6, 6.07) is 0. The molecule has 0 heterocycles. The first-order chi connectivity index (χ1) is 24.2. The predicted molar refractivity (Wildman–Crippen MR) is 213 cm³/mol. The van der Waals surface area contributed by atoms with Gasteiger partial charge in [0.15, 0.2) is 0 Å². The Morgan fingerprint density at radius 3 is 1.02 bits per heavy atom. The summed E-state index contributed by atoms with van der Waals surface area (Å²) in [6.45, 7) is 2.89. The number of unbranched alkanes of at least 4 members (excludes halogenated alkanes) is 34. The van der Waals surface area contributed by atoms with Crippen LogP contribution in [0.4, 0.5) is 0 Å². The Hall–Kier alpha value is -1.32. The van der Waals surface area contributed by atoms with Gasteiger partial charge in [-0.05, 0) is 44.9 Å². The minimum atomic E-state index is -0.656. The van der Waals surface area contributed by atoms with E-state index in [9.17, 15) is 9.59 Å². The third-order valence-electron chi connectivity index (χ3n) is 10.2. The highest BCUT2D eigenvalue weighted by atomic mass is 16.5. The first-order valence-corrected chi connectivity index (χ1v) is 22.2. The monoisotopic (exact) mass is 691 g/mol. The molecule has 4 nitrogen and oxygen atoms in total. The average molecular weight is 691 g/mol. The minimum Gasteiger partial charge on any atom is -0.481 e. The summed E-state index contributed by atoms with van der Waals surface area (Å²) in [5.41, 5.74) is 0. The van der Waals surface area contributed by atoms with Crippen LogP contribution in [0.5, 0.6) is 0 Å². The van der Waals surface area contributed by atoms with Crippen LogP contribution >= 0.6 is 0 Å². The summed E-state index contributed by atoms with van der Waals surface area (Å²) >= 11 is 0. The van der Waals surface area contributed by atoms with E-state index in [4.69, 9.17) is 9.84 Å². The van der Waals surface area contributed by atoms with Gasteiger partial charge >= 0.3 is 11.9 Å². The van der Waals surface area contributed by atoms with Crippen molar-refractivity contribution in [3.05, 3.63) is 12.2 Å². The summed E-state index contributed by atoms with van der Waals surface area (Å²) in [6.07, 6.45) is 54.0. The zero-order chi connectivity index (χ0) is 35.6. The van der Waals surface area contributed by atoms with Gasteiger partial charge in [0, 0.05) is 12.8 Å². The lowest BCUT2D eigenvalue weighted by Crippen LogP contribution is -2.05. The molecule has 0 bridgehead atoms. The zero-order valence-corrected chi connectivity index (χ0v) is 33.1. The number of carbonyl (C=O) groups excluding carboxylic acids is 1. The Morgan fingerprint density at radius 2 is 0.673 bits per heavy atom. The third kappa shape index (κ3) is 44.7. The molecule has 290 valence electrons. The standard InChI is InChI=1S/C45H86O4/c1-2-3-4-5-6-7-8-9-20-24-27-30-33-36-39-42-45(48)49-43-40-37-34-31-28-25-22-19-17-15-13-11-10-12-14-16-18-21-23-26-29-32-35-38-41-44(46)47/h9,20H,2-8,10-19,21-43H2,1H3,(H,46,47)/b20-9-. The molecule has 0 aliphatic rings. The Labute approximate surface area is 306 Å². The minimum absolute atomic E-state index is 0.0100. The van der Waals surface area contributed by atoms with E-state index in [2.05, 4.69) is 19.1 Å². The highest BCUT2D eigenvalue weighted by Crippen LogP contribution is 2.16. The van der Waals surface area contributed by atoms with E-state index in [1.54, 1.807) is 0 Å². The maximum Gasteiger partial charge on any atom is 0.305 e. The second kappa shape index (κ2) is 42.8. The van der Waals surface area contributed by atoms with Crippen LogP contribution in [0.15, 0.2) is 12.2 Å². The highest BCUT2D eigenvalue weighted by Gasteiger charge is 2.03. The van der Waals surface area contributed by atoms with Crippen molar-refractivity contribution in [1.29, 1.82) is 0 Å². The first-order valence-electron chi connectivity index (χ1n) is 22.2. The zero-order valence-electron chi connectivity index (χ0n) is 33.1. The van der Waals surface area contributed by atoms with Crippen molar-refractivity contribution in [2.24, 2.45) is 0 Å². The Kier molecular flexibility index (Phi) is 41.7. The Bertz CT molecular complexity index is 688. The van der Waals surface area contributed by atoms with Crippen LogP contribution in [0.3, 0.4) is 0 Å². The van der Waals surface area contributed by atoms with Gasteiger partial charge in [0.25, 0.3) is 0 Å². The van der Waals surface area contributed by atoms with E-state index in [0.717, 1.165) is 32.1 Å². The summed E-state index contributed by atoms with van der Waals surface area (Å²) in [4.78, 5) is 22.5. The normalized spacial score (nSPS) is 11.5. The number of carboxylic acid groups (broad SMARTS) is 1. The molecule has 0 saturated carbocycles. The second-order valence-electron chi connectivity index (χ2n) is 15.2. The van der Waals surface area contributed by atoms with Crippen LogP contribution < -0.4 is 0 Å². The number of hydrogen-bond donors (Lipinski definition) is 1. The third-order valence-corrected chi connectivity index (χ3v) is 10.2. The fraction of sp³-hybridized carbons (Fsp3) is 0.911. The van der Waals surface area contributed by atoms with Crippen molar-refractivity contribution in [3.63, 3.8) is 0 Å². The van der Waals surface area contributed by atoms with Crippen molar-refractivity contribution in [3.8, 4) is 0 Å². The molecule has 4 heteroatoms. The molecule has 0 radical (unpaired) electrons. The van der Waals surface area contributed by atoms with Crippen molar-refractivity contribution in [1.82, 2.24) is 0 Å². The lowest BCUT2D eigenvalue weighted by atomic mass is 10.0.